The summed E-state index contributed by atoms with van der Waals surface area (Å²) in [5.74, 6) is 0.978. The number of guanidine groups is 1. The lowest BCUT2D eigenvalue weighted by Gasteiger charge is -2.21. The zero-order valence-corrected chi connectivity index (χ0v) is 21.4. The third-order valence-electron chi connectivity index (χ3n) is 4.95. The van der Waals surface area contributed by atoms with Crippen LogP contribution in [0.3, 0.4) is 0 Å². The number of hydrogen-bond donors (Lipinski definition) is 2. The fraction of sp³-hybridized carbons (Fsp3) is 0.435. The summed E-state index contributed by atoms with van der Waals surface area (Å²) in [6, 6.07) is 20.9. The molecule has 0 saturated heterocycles. The van der Waals surface area contributed by atoms with Crippen LogP contribution in [0, 0.1) is 0 Å². The van der Waals surface area contributed by atoms with Gasteiger partial charge in [0.05, 0.1) is 10.5 Å². The average molecular weight is 544 g/mol. The fourth-order valence-electron chi connectivity index (χ4n) is 3.06. The van der Waals surface area contributed by atoms with Gasteiger partial charge in [0.1, 0.15) is 0 Å². The van der Waals surface area contributed by atoms with E-state index in [9.17, 15) is 8.42 Å². The topological polar surface area (TPSA) is 70.6 Å². The highest BCUT2D eigenvalue weighted by Gasteiger charge is 2.28. The quantitative estimate of drug-likeness (QED) is 0.298. The highest BCUT2D eigenvalue weighted by atomic mass is 127. The minimum absolute atomic E-state index is 0. The Kier molecular flexibility index (Phi) is 10.8. The SMILES string of the molecule is CN=C(NCCC(c1ccccc1)c1ccccc1)NCCS(=O)(=O)C(C)(C)C.I. The van der Waals surface area contributed by atoms with Crippen LogP contribution in [0.2, 0.25) is 0 Å². The number of halogens is 1. The molecule has 0 aromatic heterocycles. The molecule has 2 rings (SSSR count). The van der Waals surface area contributed by atoms with Gasteiger partial charge in [-0.15, -0.1) is 24.0 Å². The first-order valence-corrected chi connectivity index (χ1v) is 11.7. The molecular formula is C23H34IN3O2S. The Morgan fingerprint density at radius 1 is 0.900 bits per heavy atom. The Bertz CT molecular complexity index is 840. The van der Waals surface area contributed by atoms with Gasteiger partial charge in [0.15, 0.2) is 15.8 Å². The first-order chi connectivity index (χ1) is 13.7. The van der Waals surface area contributed by atoms with Crippen molar-refractivity contribution in [3.63, 3.8) is 0 Å². The number of sulfone groups is 1. The van der Waals surface area contributed by atoms with Gasteiger partial charge in [-0.25, -0.2) is 8.42 Å². The lowest BCUT2D eigenvalue weighted by Crippen LogP contribution is -2.42. The largest absolute Gasteiger partial charge is 0.356 e. The molecule has 0 atom stereocenters. The van der Waals surface area contributed by atoms with Crippen LogP contribution in [0.4, 0.5) is 0 Å². The second kappa shape index (κ2) is 12.3. The number of nitrogens with zero attached hydrogens (tertiary/aromatic N) is 1. The number of hydrogen-bond acceptors (Lipinski definition) is 3. The minimum atomic E-state index is -3.15. The van der Waals surface area contributed by atoms with E-state index in [1.165, 1.54) is 11.1 Å². The number of benzene rings is 2. The minimum Gasteiger partial charge on any atom is -0.356 e. The lowest BCUT2D eigenvalue weighted by atomic mass is 9.88. The molecule has 2 aromatic rings. The highest BCUT2D eigenvalue weighted by molar-refractivity contribution is 14.0. The molecule has 0 aliphatic heterocycles. The molecule has 0 saturated carbocycles. The third kappa shape index (κ3) is 7.91. The normalized spacial score (nSPS) is 12.4. The van der Waals surface area contributed by atoms with Crippen molar-refractivity contribution in [3.05, 3.63) is 71.8 Å². The fourth-order valence-corrected chi connectivity index (χ4v) is 4.05. The molecule has 5 nitrogen and oxygen atoms in total. The van der Waals surface area contributed by atoms with Crippen LogP contribution >= 0.6 is 24.0 Å². The van der Waals surface area contributed by atoms with Gasteiger partial charge in [-0.3, -0.25) is 4.99 Å². The van der Waals surface area contributed by atoms with Gasteiger partial charge < -0.3 is 10.6 Å². The molecule has 0 bridgehead atoms. The Morgan fingerprint density at radius 3 is 1.80 bits per heavy atom. The first-order valence-electron chi connectivity index (χ1n) is 10.0. The zero-order valence-electron chi connectivity index (χ0n) is 18.3. The Morgan fingerprint density at radius 2 is 1.37 bits per heavy atom. The Labute approximate surface area is 198 Å². The van der Waals surface area contributed by atoms with E-state index in [0.717, 1.165) is 13.0 Å². The molecule has 0 spiro atoms. The molecular weight excluding hydrogens is 509 g/mol. The highest BCUT2D eigenvalue weighted by Crippen LogP contribution is 2.27. The van der Waals surface area contributed by atoms with Crippen LogP contribution in [-0.4, -0.2) is 45.0 Å². The van der Waals surface area contributed by atoms with Crippen LogP contribution in [-0.2, 0) is 9.84 Å². The van der Waals surface area contributed by atoms with E-state index in [-0.39, 0.29) is 35.6 Å². The van der Waals surface area contributed by atoms with Crippen LogP contribution in [0.5, 0.6) is 0 Å². The maximum absolute atomic E-state index is 12.2. The predicted octanol–water partition coefficient (Wildman–Crippen LogP) is 4.20. The molecule has 0 aliphatic carbocycles. The van der Waals surface area contributed by atoms with E-state index < -0.39 is 14.6 Å². The van der Waals surface area contributed by atoms with Crippen LogP contribution in [0.25, 0.3) is 0 Å². The summed E-state index contributed by atoms with van der Waals surface area (Å²) in [6.07, 6.45) is 0.898. The lowest BCUT2D eigenvalue weighted by molar-refractivity contribution is 0.559. The van der Waals surface area contributed by atoms with Gasteiger partial charge in [-0.05, 0) is 38.3 Å². The van der Waals surface area contributed by atoms with E-state index in [1.54, 1.807) is 27.8 Å². The standard InChI is InChI=1S/C23H33N3O2S.HI/c1-23(2,3)29(27,28)18-17-26-22(24-4)25-16-15-21(19-11-7-5-8-12-19)20-13-9-6-10-14-20;/h5-14,21H,15-18H2,1-4H3,(H2,24,25,26);1H. The summed E-state index contributed by atoms with van der Waals surface area (Å²) in [5.41, 5.74) is 2.56. The Balaban J connectivity index is 0.00000450. The van der Waals surface area contributed by atoms with E-state index in [2.05, 4.69) is 64.2 Å². The summed E-state index contributed by atoms with van der Waals surface area (Å²) in [7, 11) is -1.46. The third-order valence-corrected chi connectivity index (χ3v) is 7.56. The second-order valence-electron chi connectivity index (χ2n) is 8.02. The van der Waals surface area contributed by atoms with E-state index in [1.807, 2.05) is 12.1 Å². The zero-order chi connectivity index (χ0) is 21.3. The molecule has 0 unspecified atom stereocenters. The molecule has 2 N–H and O–H groups in total. The Hall–Kier alpha value is -1.61. The molecule has 0 radical (unpaired) electrons. The van der Waals surface area contributed by atoms with Crippen LogP contribution in [0.15, 0.2) is 65.7 Å². The van der Waals surface area contributed by atoms with Crippen molar-refractivity contribution in [2.24, 2.45) is 4.99 Å². The van der Waals surface area contributed by atoms with Crippen LogP contribution in [0.1, 0.15) is 44.2 Å². The van der Waals surface area contributed by atoms with Crippen molar-refractivity contribution in [1.82, 2.24) is 10.6 Å². The summed E-state index contributed by atoms with van der Waals surface area (Å²) in [5, 5.41) is 6.42. The molecule has 166 valence electrons. The first kappa shape index (κ1) is 26.4. The molecule has 30 heavy (non-hydrogen) atoms. The predicted molar refractivity (Wildman–Crippen MR) is 138 cm³/mol. The van der Waals surface area contributed by atoms with Crippen molar-refractivity contribution >= 4 is 39.8 Å². The van der Waals surface area contributed by atoms with Gasteiger partial charge in [0, 0.05) is 26.1 Å². The van der Waals surface area contributed by atoms with Gasteiger partial charge in [-0.2, -0.15) is 0 Å². The maximum atomic E-state index is 12.2. The number of nitrogens with one attached hydrogen (secondary N) is 2. The number of rotatable bonds is 8. The second-order valence-corrected chi connectivity index (χ2v) is 10.9. The summed E-state index contributed by atoms with van der Waals surface area (Å²) in [4.78, 5) is 4.21. The molecule has 2 aromatic carbocycles. The maximum Gasteiger partial charge on any atom is 0.191 e. The summed E-state index contributed by atoms with van der Waals surface area (Å²) in [6.45, 7) is 6.23. The van der Waals surface area contributed by atoms with E-state index in [4.69, 9.17) is 0 Å². The van der Waals surface area contributed by atoms with Crippen molar-refractivity contribution in [1.29, 1.82) is 0 Å². The number of aliphatic imine (C=N–C) groups is 1. The monoisotopic (exact) mass is 543 g/mol. The molecule has 0 heterocycles. The molecule has 0 aliphatic rings. The van der Waals surface area contributed by atoms with Gasteiger partial charge in [0.25, 0.3) is 0 Å². The molecule has 0 fully saturated rings. The molecule has 7 heteroatoms. The van der Waals surface area contributed by atoms with Crippen molar-refractivity contribution in [3.8, 4) is 0 Å². The van der Waals surface area contributed by atoms with Gasteiger partial charge in [-0.1, -0.05) is 60.7 Å². The van der Waals surface area contributed by atoms with Crippen molar-refractivity contribution < 1.29 is 8.42 Å². The smallest absolute Gasteiger partial charge is 0.191 e. The van der Waals surface area contributed by atoms with Crippen LogP contribution < -0.4 is 10.6 Å². The molecule has 0 amide bonds. The van der Waals surface area contributed by atoms with E-state index >= 15 is 0 Å². The van der Waals surface area contributed by atoms with Gasteiger partial charge >= 0.3 is 0 Å². The summed E-state index contributed by atoms with van der Waals surface area (Å²) < 4.78 is 23.7. The van der Waals surface area contributed by atoms with E-state index in [0.29, 0.717) is 12.5 Å². The van der Waals surface area contributed by atoms with Gasteiger partial charge in [0.2, 0.25) is 0 Å². The average Bonchev–Trinajstić information content (AvgIpc) is 2.70. The van der Waals surface area contributed by atoms with Crippen molar-refractivity contribution in [2.45, 2.75) is 37.9 Å². The summed E-state index contributed by atoms with van der Waals surface area (Å²) >= 11 is 0. The van der Waals surface area contributed by atoms with Crippen molar-refractivity contribution in [2.75, 3.05) is 25.9 Å².